The van der Waals surface area contributed by atoms with Crippen molar-refractivity contribution in [3.8, 4) is 5.88 Å². The second kappa shape index (κ2) is 7.72. The smallest absolute Gasteiger partial charge is 0.238 e. The van der Waals surface area contributed by atoms with Crippen molar-refractivity contribution < 1.29 is 13.9 Å². The minimum Gasteiger partial charge on any atom is -0.473 e. The fraction of sp³-hybridized carbons (Fsp3) is 0.294. The zero-order valence-electron chi connectivity index (χ0n) is 12.9. The third kappa shape index (κ3) is 4.75. The minimum atomic E-state index is -0.559. The number of hydrogen-bond donors (Lipinski definition) is 1. The number of anilines is 1. The number of amides is 1. The molecule has 1 atom stereocenters. The molecular formula is C17H17BrFN3O2. The molecule has 24 heavy (non-hydrogen) atoms. The first-order valence-corrected chi connectivity index (χ1v) is 8.45. The molecule has 0 spiro atoms. The van der Waals surface area contributed by atoms with Crippen LogP contribution in [0.5, 0.6) is 5.88 Å². The van der Waals surface area contributed by atoms with Crippen molar-refractivity contribution in [3.05, 3.63) is 52.9 Å². The molecule has 1 unspecified atom stereocenters. The normalized spacial score (nSPS) is 17.7. The second-order valence-corrected chi connectivity index (χ2v) is 6.53. The Hall–Kier alpha value is -1.99. The van der Waals surface area contributed by atoms with Gasteiger partial charge in [-0.15, -0.1) is 0 Å². The third-order valence-corrected chi connectivity index (χ3v) is 4.23. The lowest BCUT2D eigenvalue weighted by Crippen LogP contribution is -2.33. The van der Waals surface area contributed by atoms with Gasteiger partial charge in [0.1, 0.15) is 6.10 Å². The van der Waals surface area contributed by atoms with E-state index in [-0.39, 0.29) is 17.9 Å². The monoisotopic (exact) mass is 393 g/mol. The number of rotatable bonds is 5. The zero-order chi connectivity index (χ0) is 16.9. The average molecular weight is 394 g/mol. The first-order chi connectivity index (χ1) is 11.6. The van der Waals surface area contributed by atoms with Gasteiger partial charge in [-0.2, -0.15) is 9.37 Å². The van der Waals surface area contributed by atoms with E-state index in [0.29, 0.717) is 13.1 Å². The van der Waals surface area contributed by atoms with Gasteiger partial charge in [0.15, 0.2) is 0 Å². The first-order valence-electron chi connectivity index (χ1n) is 7.65. The maximum atomic E-state index is 13.1. The highest BCUT2D eigenvalue weighted by atomic mass is 79.9. The molecule has 1 aromatic heterocycles. The van der Waals surface area contributed by atoms with Crippen molar-refractivity contribution >= 4 is 27.5 Å². The van der Waals surface area contributed by atoms with E-state index in [1.807, 2.05) is 29.2 Å². The van der Waals surface area contributed by atoms with E-state index >= 15 is 0 Å². The van der Waals surface area contributed by atoms with E-state index in [1.165, 1.54) is 6.07 Å². The van der Waals surface area contributed by atoms with E-state index in [9.17, 15) is 9.18 Å². The Balaban J connectivity index is 1.47. The Morgan fingerprint density at radius 2 is 2.12 bits per heavy atom. The number of halogens is 2. The van der Waals surface area contributed by atoms with Crippen molar-refractivity contribution in [3.63, 3.8) is 0 Å². The van der Waals surface area contributed by atoms with Crippen LogP contribution in [0.2, 0.25) is 0 Å². The number of carbonyl (C=O) groups excluding carboxylic acids is 1. The Bertz CT molecular complexity index is 711. The number of aromatic nitrogens is 1. The van der Waals surface area contributed by atoms with Crippen LogP contribution in [0.4, 0.5) is 10.1 Å². The van der Waals surface area contributed by atoms with E-state index in [0.717, 1.165) is 23.1 Å². The van der Waals surface area contributed by atoms with Crippen molar-refractivity contribution in [2.45, 2.75) is 12.5 Å². The molecule has 3 rings (SSSR count). The first kappa shape index (κ1) is 16.9. The Kier molecular flexibility index (Phi) is 5.42. The lowest BCUT2D eigenvalue weighted by Gasteiger charge is -2.16. The fourth-order valence-corrected chi connectivity index (χ4v) is 2.86. The van der Waals surface area contributed by atoms with Crippen LogP contribution in [-0.4, -0.2) is 41.5 Å². The molecule has 0 saturated carbocycles. The molecule has 1 amide bonds. The maximum Gasteiger partial charge on any atom is 0.238 e. The van der Waals surface area contributed by atoms with Gasteiger partial charge in [0.05, 0.1) is 6.54 Å². The van der Waals surface area contributed by atoms with E-state index in [1.54, 1.807) is 12.1 Å². The predicted octanol–water partition coefficient (Wildman–Crippen LogP) is 3.08. The van der Waals surface area contributed by atoms with Crippen molar-refractivity contribution in [1.29, 1.82) is 0 Å². The summed E-state index contributed by atoms with van der Waals surface area (Å²) in [7, 11) is 0. The average Bonchev–Trinajstić information content (AvgIpc) is 2.96. The highest BCUT2D eigenvalue weighted by Gasteiger charge is 2.25. The predicted molar refractivity (Wildman–Crippen MR) is 92.4 cm³/mol. The number of ether oxygens (including phenoxy) is 1. The number of pyridine rings is 1. The van der Waals surface area contributed by atoms with Gasteiger partial charge in [-0.25, -0.2) is 0 Å². The van der Waals surface area contributed by atoms with Crippen LogP contribution in [0, 0.1) is 5.95 Å². The van der Waals surface area contributed by atoms with Gasteiger partial charge in [0, 0.05) is 29.3 Å². The molecule has 1 aromatic carbocycles. The van der Waals surface area contributed by atoms with Gasteiger partial charge in [-0.1, -0.05) is 22.0 Å². The standard InChI is InChI=1S/C17H17BrFN3O2/c18-12-4-6-13(7-5-12)20-16(23)11-22-9-8-14(10-22)24-17-3-1-2-15(19)21-17/h1-7,14H,8-11H2,(H,20,23). The largest absolute Gasteiger partial charge is 0.473 e. The number of carbonyl (C=O) groups is 1. The van der Waals surface area contributed by atoms with Crippen LogP contribution >= 0.6 is 15.9 Å². The number of hydrogen-bond acceptors (Lipinski definition) is 4. The van der Waals surface area contributed by atoms with Crippen molar-refractivity contribution in [1.82, 2.24) is 9.88 Å². The summed E-state index contributed by atoms with van der Waals surface area (Å²) in [6.45, 7) is 1.67. The SMILES string of the molecule is O=C(CN1CCC(Oc2cccc(F)n2)C1)Nc1ccc(Br)cc1. The molecule has 5 nitrogen and oxygen atoms in total. The molecule has 0 aliphatic carbocycles. The molecule has 1 aliphatic rings. The summed E-state index contributed by atoms with van der Waals surface area (Å²) < 4.78 is 19.7. The summed E-state index contributed by atoms with van der Waals surface area (Å²) in [4.78, 5) is 17.8. The number of likely N-dealkylation sites (tertiary alicyclic amines) is 1. The van der Waals surface area contributed by atoms with Gasteiger partial charge in [-0.05, 0) is 36.8 Å². The van der Waals surface area contributed by atoms with Crippen LogP contribution in [0.1, 0.15) is 6.42 Å². The second-order valence-electron chi connectivity index (χ2n) is 5.62. The summed E-state index contributed by atoms with van der Waals surface area (Å²) >= 11 is 3.36. The highest BCUT2D eigenvalue weighted by molar-refractivity contribution is 9.10. The molecule has 0 bridgehead atoms. The van der Waals surface area contributed by atoms with Gasteiger partial charge in [0.2, 0.25) is 17.7 Å². The molecule has 0 radical (unpaired) electrons. The number of benzene rings is 1. The Morgan fingerprint density at radius 1 is 1.33 bits per heavy atom. The maximum absolute atomic E-state index is 13.1. The Morgan fingerprint density at radius 3 is 2.88 bits per heavy atom. The summed E-state index contributed by atoms with van der Waals surface area (Å²) in [6.07, 6.45) is 0.698. The zero-order valence-corrected chi connectivity index (χ0v) is 14.5. The lowest BCUT2D eigenvalue weighted by atomic mass is 10.3. The highest BCUT2D eigenvalue weighted by Crippen LogP contribution is 2.17. The van der Waals surface area contributed by atoms with E-state index < -0.39 is 5.95 Å². The molecule has 2 heterocycles. The molecule has 1 fully saturated rings. The van der Waals surface area contributed by atoms with Gasteiger partial charge in [0.25, 0.3) is 0 Å². The van der Waals surface area contributed by atoms with Crippen LogP contribution in [-0.2, 0) is 4.79 Å². The van der Waals surface area contributed by atoms with Crippen molar-refractivity contribution in [2.75, 3.05) is 25.0 Å². The van der Waals surface area contributed by atoms with Gasteiger partial charge >= 0.3 is 0 Å². The van der Waals surface area contributed by atoms with Crippen LogP contribution in [0.15, 0.2) is 46.9 Å². The van der Waals surface area contributed by atoms with Crippen LogP contribution in [0.25, 0.3) is 0 Å². The lowest BCUT2D eigenvalue weighted by molar-refractivity contribution is -0.117. The molecule has 1 N–H and O–H groups in total. The van der Waals surface area contributed by atoms with E-state index in [4.69, 9.17) is 4.74 Å². The number of nitrogens with one attached hydrogen (secondary N) is 1. The van der Waals surface area contributed by atoms with Gasteiger partial charge in [-0.3, -0.25) is 9.69 Å². The summed E-state index contributed by atoms with van der Waals surface area (Å²) in [5.41, 5.74) is 0.763. The van der Waals surface area contributed by atoms with E-state index in [2.05, 4.69) is 26.2 Å². The summed E-state index contributed by atoms with van der Waals surface area (Å²) in [6, 6.07) is 11.9. The minimum absolute atomic E-state index is 0.0677. The summed E-state index contributed by atoms with van der Waals surface area (Å²) in [5.74, 6) is -0.348. The Labute approximate surface area is 148 Å². The topological polar surface area (TPSA) is 54.5 Å². The molecule has 7 heteroatoms. The summed E-state index contributed by atoms with van der Waals surface area (Å²) in [5, 5.41) is 2.86. The van der Waals surface area contributed by atoms with Gasteiger partial charge < -0.3 is 10.1 Å². The molecule has 1 saturated heterocycles. The van der Waals surface area contributed by atoms with Crippen LogP contribution < -0.4 is 10.1 Å². The molecule has 2 aromatic rings. The third-order valence-electron chi connectivity index (χ3n) is 3.70. The molecule has 126 valence electrons. The fourth-order valence-electron chi connectivity index (χ4n) is 2.60. The van der Waals surface area contributed by atoms with Crippen LogP contribution in [0.3, 0.4) is 0 Å². The number of nitrogens with zero attached hydrogens (tertiary/aromatic N) is 2. The molecule has 1 aliphatic heterocycles. The molecular weight excluding hydrogens is 377 g/mol. The van der Waals surface area contributed by atoms with Crippen molar-refractivity contribution in [2.24, 2.45) is 0 Å². The quantitative estimate of drug-likeness (QED) is 0.793.